The van der Waals surface area contributed by atoms with Crippen LogP contribution in [0.1, 0.15) is 33.5 Å². The molecule has 1 aromatic heterocycles. The summed E-state index contributed by atoms with van der Waals surface area (Å²) in [6.07, 6.45) is 0.760. The van der Waals surface area contributed by atoms with E-state index in [1.54, 1.807) is 0 Å². The van der Waals surface area contributed by atoms with Crippen LogP contribution in [-0.4, -0.2) is 16.1 Å². The quantitative estimate of drug-likeness (QED) is 0.916. The summed E-state index contributed by atoms with van der Waals surface area (Å²) in [5.74, 6) is -0.957. The lowest BCUT2D eigenvalue weighted by Crippen LogP contribution is -1.99. The fourth-order valence-corrected chi connectivity index (χ4v) is 2.90. The SMILES string of the molecule is CCc1nc(C(=O)O)c(-c2cc(C)ccc2C)s1. The first-order chi connectivity index (χ1) is 8.52. The summed E-state index contributed by atoms with van der Waals surface area (Å²) < 4.78 is 0. The summed E-state index contributed by atoms with van der Waals surface area (Å²) in [5.41, 5.74) is 3.35. The maximum Gasteiger partial charge on any atom is 0.356 e. The van der Waals surface area contributed by atoms with Gasteiger partial charge in [-0.05, 0) is 31.4 Å². The normalized spacial score (nSPS) is 10.6. The average molecular weight is 261 g/mol. The third-order valence-corrected chi connectivity index (χ3v) is 4.05. The van der Waals surface area contributed by atoms with Crippen LogP contribution in [0, 0.1) is 13.8 Å². The second kappa shape index (κ2) is 4.90. The van der Waals surface area contributed by atoms with Crippen LogP contribution in [0.4, 0.5) is 0 Å². The van der Waals surface area contributed by atoms with Gasteiger partial charge in [-0.2, -0.15) is 0 Å². The van der Waals surface area contributed by atoms with Crippen molar-refractivity contribution in [1.82, 2.24) is 4.98 Å². The molecule has 1 aromatic carbocycles. The molecule has 4 heteroatoms. The molecular weight excluding hydrogens is 246 g/mol. The van der Waals surface area contributed by atoms with Crippen LogP contribution in [-0.2, 0) is 6.42 Å². The molecule has 1 heterocycles. The highest BCUT2D eigenvalue weighted by Gasteiger charge is 2.19. The van der Waals surface area contributed by atoms with Gasteiger partial charge in [-0.3, -0.25) is 0 Å². The Balaban J connectivity index is 2.65. The van der Waals surface area contributed by atoms with E-state index in [0.717, 1.165) is 33.0 Å². The first-order valence-corrected chi connectivity index (χ1v) is 6.65. The molecular formula is C14H15NO2S. The molecule has 0 spiro atoms. The molecule has 0 aliphatic heterocycles. The minimum atomic E-state index is -0.957. The van der Waals surface area contributed by atoms with E-state index < -0.39 is 5.97 Å². The van der Waals surface area contributed by atoms with Crippen LogP contribution in [0.25, 0.3) is 10.4 Å². The van der Waals surface area contributed by atoms with E-state index in [0.29, 0.717) is 0 Å². The number of carbonyl (C=O) groups is 1. The Labute approximate surface area is 110 Å². The molecule has 0 saturated heterocycles. The van der Waals surface area contributed by atoms with E-state index in [2.05, 4.69) is 4.98 Å². The standard InChI is InChI=1S/C14H15NO2S/c1-4-11-15-12(14(16)17)13(18-11)10-7-8(2)5-6-9(10)3/h5-7H,4H2,1-3H3,(H,16,17). The number of carboxylic acid groups (broad SMARTS) is 1. The Kier molecular flexibility index (Phi) is 3.48. The van der Waals surface area contributed by atoms with E-state index in [1.165, 1.54) is 11.3 Å². The second-order valence-electron chi connectivity index (χ2n) is 4.26. The van der Waals surface area contributed by atoms with Crippen molar-refractivity contribution in [3.05, 3.63) is 40.0 Å². The van der Waals surface area contributed by atoms with Crippen molar-refractivity contribution < 1.29 is 9.90 Å². The summed E-state index contributed by atoms with van der Waals surface area (Å²) in [6, 6.07) is 6.07. The first-order valence-electron chi connectivity index (χ1n) is 5.83. The van der Waals surface area contributed by atoms with Gasteiger partial charge in [-0.25, -0.2) is 9.78 Å². The summed E-state index contributed by atoms with van der Waals surface area (Å²) in [6.45, 7) is 5.98. The summed E-state index contributed by atoms with van der Waals surface area (Å²) in [7, 11) is 0. The van der Waals surface area contributed by atoms with Gasteiger partial charge in [0.2, 0.25) is 0 Å². The molecule has 1 N–H and O–H groups in total. The molecule has 0 radical (unpaired) electrons. The molecule has 0 atom stereocenters. The van der Waals surface area contributed by atoms with Gasteiger partial charge in [0.05, 0.1) is 9.88 Å². The molecule has 0 saturated carbocycles. The topological polar surface area (TPSA) is 50.2 Å². The van der Waals surface area contributed by atoms with Gasteiger partial charge in [0.15, 0.2) is 5.69 Å². The number of nitrogens with zero attached hydrogens (tertiary/aromatic N) is 1. The molecule has 0 aliphatic rings. The molecule has 0 unspecified atom stereocenters. The zero-order valence-electron chi connectivity index (χ0n) is 10.7. The Morgan fingerprint density at radius 1 is 1.39 bits per heavy atom. The molecule has 0 bridgehead atoms. The number of rotatable bonds is 3. The van der Waals surface area contributed by atoms with Crippen molar-refractivity contribution >= 4 is 17.3 Å². The predicted molar refractivity (Wildman–Crippen MR) is 73.4 cm³/mol. The largest absolute Gasteiger partial charge is 0.476 e. The Bertz CT molecular complexity index is 602. The highest BCUT2D eigenvalue weighted by molar-refractivity contribution is 7.15. The smallest absolute Gasteiger partial charge is 0.356 e. The fraction of sp³-hybridized carbons (Fsp3) is 0.286. The van der Waals surface area contributed by atoms with Gasteiger partial charge in [0.1, 0.15) is 0 Å². The van der Waals surface area contributed by atoms with E-state index >= 15 is 0 Å². The average Bonchev–Trinajstić information content (AvgIpc) is 2.76. The molecule has 3 nitrogen and oxygen atoms in total. The number of aromatic carboxylic acids is 1. The zero-order valence-corrected chi connectivity index (χ0v) is 11.5. The van der Waals surface area contributed by atoms with Gasteiger partial charge in [0.25, 0.3) is 0 Å². The number of hydrogen-bond donors (Lipinski definition) is 1. The van der Waals surface area contributed by atoms with Crippen molar-refractivity contribution in [3.63, 3.8) is 0 Å². The Morgan fingerprint density at radius 3 is 2.72 bits per heavy atom. The number of benzene rings is 1. The molecule has 2 rings (SSSR count). The van der Waals surface area contributed by atoms with Gasteiger partial charge < -0.3 is 5.11 Å². The minimum absolute atomic E-state index is 0.172. The summed E-state index contributed by atoms with van der Waals surface area (Å²) in [4.78, 5) is 16.2. The van der Waals surface area contributed by atoms with Gasteiger partial charge in [-0.15, -0.1) is 11.3 Å². The lowest BCUT2D eigenvalue weighted by molar-refractivity contribution is 0.0692. The molecule has 94 valence electrons. The van der Waals surface area contributed by atoms with Crippen molar-refractivity contribution in [3.8, 4) is 10.4 Å². The molecule has 18 heavy (non-hydrogen) atoms. The highest BCUT2D eigenvalue weighted by atomic mass is 32.1. The number of aryl methyl sites for hydroxylation is 3. The lowest BCUT2D eigenvalue weighted by Gasteiger charge is -2.05. The van der Waals surface area contributed by atoms with Crippen LogP contribution in [0.3, 0.4) is 0 Å². The Hall–Kier alpha value is -1.68. The molecule has 0 amide bonds. The van der Waals surface area contributed by atoms with Crippen molar-refractivity contribution in [2.75, 3.05) is 0 Å². The second-order valence-corrected chi connectivity index (χ2v) is 5.35. The third-order valence-electron chi connectivity index (χ3n) is 2.81. The predicted octanol–water partition coefficient (Wildman–Crippen LogP) is 3.69. The molecule has 0 aliphatic carbocycles. The number of thiazole rings is 1. The van der Waals surface area contributed by atoms with Crippen LogP contribution in [0.15, 0.2) is 18.2 Å². The Morgan fingerprint density at radius 2 is 2.11 bits per heavy atom. The zero-order chi connectivity index (χ0) is 13.3. The van der Waals surface area contributed by atoms with E-state index in [4.69, 9.17) is 0 Å². The van der Waals surface area contributed by atoms with Crippen molar-refractivity contribution in [1.29, 1.82) is 0 Å². The van der Waals surface area contributed by atoms with Gasteiger partial charge in [-0.1, -0.05) is 30.7 Å². The number of carboxylic acids is 1. The van der Waals surface area contributed by atoms with Crippen molar-refractivity contribution in [2.45, 2.75) is 27.2 Å². The van der Waals surface area contributed by atoms with E-state index in [9.17, 15) is 9.90 Å². The van der Waals surface area contributed by atoms with E-state index in [1.807, 2.05) is 39.0 Å². The monoisotopic (exact) mass is 261 g/mol. The third kappa shape index (κ3) is 2.29. The fourth-order valence-electron chi connectivity index (χ4n) is 1.82. The van der Waals surface area contributed by atoms with Crippen LogP contribution in [0.5, 0.6) is 0 Å². The highest BCUT2D eigenvalue weighted by Crippen LogP contribution is 2.33. The maximum atomic E-state index is 11.3. The summed E-state index contributed by atoms with van der Waals surface area (Å²) in [5, 5.41) is 10.1. The lowest BCUT2D eigenvalue weighted by atomic mass is 10.0. The van der Waals surface area contributed by atoms with Gasteiger partial charge in [0, 0.05) is 0 Å². The number of aromatic nitrogens is 1. The summed E-state index contributed by atoms with van der Waals surface area (Å²) >= 11 is 1.47. The first kappa shape index (κ1) is 12.8. The van der Waals surface area contributed by atoms with Crippen molar-refractivity contribution in [2.24, 2.45) is 0 Å². The maximum absolute atomic E-state index is 11.3. The minimum Gasteiger partial charge on any atom is -0.476 e. The van der Waals surface area contributed by atoms with Crippen LogP contribution in [0.2, 0.25) is 0 Å². The van der Waals surface area contributed by atoms with Gasteiger partial charge >= 0.3 is 5.97 Å². The molecule has 2 aromatic rings. The number of hydrogen-bond acceptors (Lipinski definition) is 3. The van der Waals surface area contributed by atoms with Crippen LogP contribution >= 0.6 is 11.3 Å². The van der Waals surface area contributed by atoms with Crippen LogP contribution < -0.4 is 0 Å². The van der Waals surface area contributed by atoms with E-state index in [-0.39, 0.29) is 5.69 Å². The molecule has 0 fully saturated rings.